The van der Waals surface area contributed by atoms with Gasteiger partial charge in [-0.3, -0.25) is 10.0 Å². The predicted octanol–water partition coefficient (Wildman–Crippen LogP) is 2.03. The van der Waals surface area contributed by atoms with Crippen LogP contribution < -0.4 is 16.1 Å². The summed E-state index contributed by atoms with van der Waals surface area (Å²) < 4.78 is 1.64. The Hall–Kier alpha value is -3.43. The molecule has 3 amide bonds. The maximum absolute atomic E-state index is 12.2. The van der Waals surface area contributed by atoms with E-state index in [2.05, 4.69) is 20.9 Å². The molecule has 0 bridgehead atoms. The smallest absolute Gasteiger partial charge is 0.316 e. The van der Waals surface area contributed by atoms with Crippen LogP contribution in [0.25, 0.3) is 0 Å². The first-order chi connectivity index (χ1) is 14.0. The molecular formula is C19H19ClN6O3. The quantitative estimate of drug-likeness (QED) is 0.348. The second-order valence-electron chi connectivity index (χ2n) is 6.18. The lowest BCUT2D eigenvalue weighted by atomic mass is 10.1. The van der Waals surface area contributed by atoms with E-state index in [1.165, 1.54) is 0 Å². The largest absolute Gasteiger partial charge is 0.332 e. The molecule has 1 heterocycles. The number of carbonyl (C=O) groups is 2. The maximum Gasteiger partial charge on any atom is 0.316 e. The summed E-state index contributed by atoms with van der Waals surface area (Å²) in [6.07, 6.45) is 1.71. The van der Waals surface area contributed by atoms with Gasteiger partial charge in [0.2, 0.25) is 0 Å². The Morgan fingerprint density at radius 3 is 2.52 bits per heavy atom. The molecule has 4 N–H and O–H groups in total. The van der Waals surface area contributed by atoms with Gasteiger partial charge in [-0.05, 0) is 23.3 Å². The van der Waals surface area contributed by atoms with Crippen LogP contribution in [0.1, 0.15) is 22.9 Å². The van der Waals surface area contributed by atoms with Gasteiger partial charge in [-0.15, -0.1) is 5.10 Å². The van der Waals surface area contributed by atoms with Gasteiger partial charge in [-0.25, -0.2) is 15.0 Å². The maximum atomic E-state index is 12.2. The van der Waals surface area contributed by atoms with Crippen molar-refractivity contribution in [1.29, 1.82) is 0 Å². The van der Waals surface area contributed by atoms with Crippen molar-refractivity contribution < 1.29 is 14.8 Å². The van der Waals surface area contributed by atoms with Crippen molar-refractivity contribution in [1.82, 2.24) is 31.1 Å². The van der Waals surface area contributed by atoms with Gasteiger partial charge in [-0.2, -0.15) is 0 Å². The van der Waals surface area contributed by atoms with Gasteiger partial charge in [0.1, 0.15) is 11.7 Å². The Balaban J connectivity index is 1.55. The summed E-state index contributed by atoms with van der Waals surface area (Å²) in [5.41, 5.74) is 3.65. The van der Waals surface area contributed by atoms with Crippen molar-refractivity contribution in [2.45, 2.75) is 19.1 Å². The lowest BCUT2D eigenvalue weighted by Crippen LogP contribution is -2.43. The van der Waals surface area contributed by atoms with Crippen LogP contribution in [-0.4, -0.2) is 32.1 Å². The van der Waals surface area contributed by atoms with Crippen LogP contribution in [0, 0.1) is 0 Å². The first kappa shape index (κ1) is 20.3. The summed E-state index contributed by atoms with van der Waals surface area (Å²) in [7, 11) is 0. The van der Waals surface area contributed by atoms with E-state index in [4.69, 9.17) is 16.8 Å². The van der Waals surface area contributed by atoms with Gasteiger partial charge in [0.05, 0.1) is 19.3 Å². The average molecular weight is 415 g/mol. The van der Waals surface area contributed by atoms with Crippen molar-refractivity contribution in [3.05, 3.63) is 82.6 Å². The molecular weight excluding hydrogens is 396 g/mol. The van der Waals surface area contributed by atoms with Gasteiger partial charge in [0.15, 0.2) is 0 Å². The molecule has 0 aliphatic heterocycles. The number of aromatic nitrogens is 3. The van der Waals surface area contributed by atoms with Crippen LogP contribution in [0.5, 0.6) is 0 Å². The molecule has 0 saturated heterocycles. The van der Waals surface area contributed by atoms with Gasteiger partial charge < -0.3 is 10.6 Å². The molecule has 0 radical (unpaired) electrons. The summed E-state index contributed by atoms with van der Waals surface area (Å²) in [4.78, 5) is 24.1. The fraction of sp³-hybridized carbons (Fsp3) is 0.158. The number of benzene rings is 2. The Labute approximate surface area is 171 Å². The van der Waals surface area contributed by atoms with E-state index in [9.17, 15) is 9.59 Å². The molecule has 3 aromatic rings. The van der Waals surface area contributed by atoms with Crippen LogP contribution >= 0.6 is 11.6 Å². The molecule has 3 rings (SSSR count). The lowest BCUT2D eigenvalue weighted by Gasteiger charge is -2.17. The Morgan fingerprint density at radius 2 is 1.83 bits per heavy atom. The minimum Gasteiger partial charge on any atom is -0.332 e. The zero-order chi connectivity index (χ0) is 20.6. The Kier molecular flexibility index (Phi) is 6.77. The highest BCUT2D eigenvalue weighted by molar-refractivity contribution is 6.30. The molecule has 0 spiro atoms. The monoisotopic (exact) mass is 414 g/mol. The van der Waals surface area contributed by atoms with Gasteiger partial charge in [0, 0.05) is 5.02 Å². The average Bonchev–Trinajstić information content (AvgIpc) is 3.19. The third-order valence-electron chi connectivity index (χ3n) is 4.05. The number of hydrogen-bond donors (Lipinski definition) is 4. The molecule has 29 heavy (non-hydrogen) atoms. The van der Waals surface area contributed by atoms with Crippen LogP contribution in [-0.2, 0) is 17.9 Å². The summed E-state index contributed by atoms with van der Waals surface area (Å²) in [6.45, 7) is 0.637. The Bertz CT molecular complexity index is 962. The summed E-state index contributed by atoms with van der Waals surface area (Å²) in [5, 5.41) is 22.8. The zero-order valence-corrected chi connectivity index (χ0v) is 16.0. The van der Waals surface area contributed by atoms with Gasteiger partial charge >= 0.3 is 6.03 Å². The lowest BCUT2D eigenvalue weighted by molar-refractivity contribution is -0.131. The standard InChI is InChI=1S/C19H19ClN6O3/c20-15-8-6-13(7-9-15)11-26-12-16(23-25-26)10-21-19(28)22-17(18(27)24-29)14-4-2-1-3-5-14/h1-9,12,17,29H,10-11H2,(H,24,27)(H2,21,22,28)/t17-/m0/s1. The Morgan fingerprint density at radius 1 is 1.10 bits per heavy atom. The van der Waals surface area contributed by atoms with Crippen LogP contribution in [0.2, 0.25) is 5.02 Å². The third-order valence-corrected chi connectivity index (χ3v) is 4.31. The van der Waals surface area contributed by atoms with E-state index in [0.717, 1.165) is 5.56 Å². The van der Waals surface area contributed by atoms with Crippen molar-refractivity contribution in [2.75, 3.05) is 0 Å². The molecule has 150 valence electrons. The first-order valence-electron chi connectivity index (χ1n) is 8.72. The number of rotatable bonds is 7. The fourth-order valence-electron chi connectivity index (χ4n) is 2.64. The van der Waals surface area contributed by atoms with E-state index in [1.54, 1.807) is 58.8 Å². The minimum absolute atomic E-state index is 0.120. The highest BCUT2D eigenvalue weighted by Crippen LogP contribution is 2.13. The predicted molar refractivity (Wildman–Crippen MR) is 105 cm³/mol. The molecule has 0 saturated carbocycles. The minimum atomic E-state index is -1.04. The number of halogens is 1. The molecule has 9 nitrogen and oxygen atoms in total. The first-order valence-corrected chi connectivity index (χ1v) is 9.09. The number of amides is 3. The van der Waals surface area contributed by atoms with Crippen molar-refractivity contribution in [2.24, 2.45) is 0 Å². The molecule has 10 heteroatoms. The van der Waals surface area contributed by atoms with Crippen molar-refractivity contribution >= 4 is 23.5 Å². The zero-order valence-electron chi connectivity index (χ0n) is 15.2. The SMILES string of the molecule is O=C(NCc1cn(Cc2ccc(Cl)cc2)nn1)N[C@H](C(=O)NO)c1ccccc1. The number of nitrogens with zero attached hydrogens (tertiary/aromatic N) is 3. The number of nitrogens with one attached hydrogen (secondary N) is 3. The second-order valence-corrected chi connectivity index (χ2v) is 6.62. The summed E-state index contributed by atoms with van der Waals surface area (Å²) in [6, 6.07) is 14.3. The molecule has 1 aromatic heterocycles. The van der Waals surface area contributed by atoms with Crippen LogP contribution in [0.15, 0.2) is 60.8 Å². The van der Waals surface area contributed by atoms with E-state index < -0.39 is 18.0 Å². The molecule has 1 atom stereocenters. The molecule has 0 aliphatic rings. The number of urea groups is 1. The summed E-state index contributed by atoms with van der Waals surface area (Å²) in [5.74, 6) is -0.750. The highest BCUT2D eigenvalue weighted by Gasteiger charge is 2.22. The molecule has 2 aromatic carbocycles. The molecule has 0 aliphatic carbocycles. The van der Waals surface area contributed by atoms with Crippen molar-refractivity contribution in [3.8, 4) is 0 Å². The van der Waals surface area contributed by atoms with Gasteiger partial charge in [0.25, 0.3) is 5.91 Å². The van der Waals surface area contributed by atoms with Crippen LogP contribution in [0.4, 0.5) is 4.79 Å². The summed E-state index contributed by atoms with van der Waals surface area (Å²) >= 11 is 5.87. The fourth-order valence-corrected chi connectivity index (χ4v) is 2.76. The van der Waals surface area contributed by atoms with Crippen LogP contribution in [0.3, 0.4) is 0 Å². The number of hydroxylamine groups is 1. The molecule has 0 unspecified atom stereocenters. The van der Waals surface area contributed by atoms with E-state index in [-0.39, 0.29) is 6.54 Å². The topological polar surface area (TPSA) is 121 Å². The van der Waals surface area contributed by atoms with Gasteiger partial charge in [-0.1, -0.05) is 59.3 Å². The van der Waals surface area contributed by atoms with E-state index in [0.29, 0.717) is 22.8 Å². The molecule has 0 fully saturated rings. The van der Waals surface area contributed by atoms with Crippen molar-refractivity contribution in [3.63, 3.8) is 0 Å². The van der Waals surface area contributed by atoms with E-state index >= 15 is 0 Å². The number of carbonyl (C=O) groups excluding carboxylic acids is 2. The number of hydrogen-bond acceptors (Lipinski definition) is 5. The highest BCUT2D eigenvalue weighted by atomic mass is 35.5. The van der Waals surface area contributed by atoms with E-state index in [1.807, 2.05) is 12.1 Å². The third kappa shape index (κ3) is 5.77. The second kappa shape index (κ2) is 9.67. The normalized spacial score (nSPS) is 11.5.